The number of hydrogen-bond donors (Lipinski definition) is 1. The normalized spacial score (nSPS) is 21.6. The third-order valence-electron chi connectivity index (χ3n) is 3.46. The van der Waals surface area contributed by atoms with E-state index in [1.807, 2.05) is 30.3 Å². The maximum absolute atomic E-state index is 5.61. The second kappa shape index (κ2) is 6.69. The highest BCUT2D eigenvalue weighted by atomic mass is 16.5. The van der Waals surface area contributed by atoms with Crippen LogP contribution in [0.15, 0.2) is 34.9 Å². The molecule has 1 aromatic heterocycles. The maximum Gasteiger partial charge on any atom is 0.233 e. The van der Waals surface area contributed by atoms with Gasteiger partial charge in [-0.2, -0.15) is 4.98 Å². The lowest BCUT2D eigenvalue weighted by Gasteiger charge is -2.13. The lowest BCUT2D eigenvalue weighted by molar-refractivity contribution is 0.185. The summed E-state index contributed by atoms with van der Waals surface area (Å²) in [5.74, 6) is 2.07. The molecular formula is C15H19N3O3. The molecule has 0 bridgehead atoms. The zero-order valence-electron chi connectivity index (χ0n) is 12.0. The van der Waals surface area contributed by atoms with E-state index in [2.05, 4.69) is 22.4 Å². The van der Waals surface area contributed by atoms with Crippen LogP contribution >= 0.6 is 0 Å². The molecule has 3 rings (SSSR count). The molecule has 2 unspecified atom stereocenters. The van der Waals surface area contributed by atoms with E-state index >= 15 is 0 Å². The number of benzene rings is 1. The molecule has 0 saturated carbocycles. The van der Waals surface area contributed by atoms with Crippen molar-refractivity contribution < 1.29 is 14.0 Å². The van der Waals surface area contributed by atoms with Gasteiger partial charge in [-0.1, -0.05) is 30.3 Å². The fourth-order valence-electron chi connectivity index (χ4n) is 2.40. The fraction of sp³-hybridized carbons (Fsp3) is 0.467. The Morgan fingerprint density at radius 2 is 2.14 bits per heavy atom. The van der Waals surface area contributed by atoms with E-state index in [9.17, 15) is 0 Å². The third-order valence-corrected chi connectivity index (χ3v) is 3.46. The summed E-state index contributed by atoms with van der Waals surface area (Å²) >= 11 is 0. The van der Waals surface area contributed by atoms with Gasteiger partial charge < -0.3 is 19.3 Å². The molecule has 2 aromatic rings. The number of nitrogens with zero attached hydrogens (tertiary/aromatic N) is 2. The Balaban J connectivity index is 1.61. The van der Waals surface area contributed by atoms with E-state index in [1.165, 1.54) is 0 Å². The van der Waals surface area contributed by atoms with Crippen molar-refractivity contribution in [3.63, 3.8) is 0 Å². The molecule has 1 aliphatic rings. The van der Waals surface area contributed by atoms with Gasteiger partial charge in [-0.3, -0.25) is 0 Å². The largest absolute Gasteiger partial charge is 0.485 e. The summed E-state index contributed by atoms with van der Waals surface area (Å²) in [6.45, 7) is 4.55. The van der Waals surface area contributed by atoms with Crippen LogP contribution in [0.4, 0.5) is 0 Å². The molecule has 0 aliphatic carbocycles. The first-order valence-corrected chi connectivity index (χ1v) is 7.18. The summed E-state index contributed by atoms with van der Waals surface area (Å²) in [6, 6.07) is 9.82. The van der Waals surface area contributed by atoms with Gasteiger partial charge in [0.15, 0.2) is 6.61 Å². The number of likely N-dealkylation sites (N-methyl/N-ethyl adjacent to an activating group) is 1. The first-order chi connectivity index (χ1) is 10.4. The molecule has 1 fully saturated rings. The minimum atomic E-state index is 0.114. The van der Waals surface area contributed by atoms with E-state index < -0.39 is 0 Å². The molecule has 0 amide bonds. The summed E-state index contributed by atoms with van der Waals surface area (Å²) in [6.07, 6.45) is 0. The lowest BCUT2D eigenvalue weighted by atomic mass is 10.0. The highest BCUT2D eigenvalue weighted by molar-refractivity contribution is 5.21. The van der Waals surface area contributed by atoms with Gasteiger partial charge in [0.25, 0.3) is 0 Å². The Morgan fingerprint density at radius 3 is 2.95 bits per heavy atom. The third kappa shape index (κ3) is 3.40. The van der Waals surface area contributed by atoms with Crippen LogP contribution in [0, 0.1) is 0 Å². The van der Waals surface area contributed by atoms with Gasteiger partial charge >= 0.3 is 0 Å². The van der Waals surface area contributed by atoms with Crippen LogP contribution in [0.3, 0.4) is 0 Å². The molecule has 112 valence electrons. The number of hydrogen-bond acceptors (Lipinski definition) is 6. The Labute approximate surface area is 123 Å². The number of nitrogens with one attached hydrogen (secondary N) is 1. The van der Waals surface area contributed by atoms with Crippen LogP contribution in [-0.4, -0.2) is 35.9 Å². The van der Waals surface area contributed by atoms with Crippen molar-refractivity contribution in [2.45, 2.75) is 25.5 Å². The van der Waals surface area contributed by atoms with Crippen molar-refractivity contribution in [3.05, 3.63) is 42.0 Å². The average Bonchev–Trinajstić information content (AvgIpc) is 3.15. The standard InChI is InChI=1S/C15H19N3O3/c1-2-16-13-9-19-8-12(13)15-17-14(18-21-15)10-20-11-6-4-3-5-7-11/h3-7,12-13,16H,2,8-10H2,1H3. The topological polar surface area (TPSA) is 69.4 Å². The van der Waals surface area contributed by atoms with E-state index in [0.717, 1.165) is 12.3 Å². The molecule has 6 heteroatoms. The quantitative estimate of drug-likeness (QED) is 0.873. The minimum Gasteiger partial charge on any atom is -0.485 e. The van der Waals surface area contributed by atoms with E-state index in [-0.39, 0.29) is 12.0 Å². The highest BCUT2D eigenvalue weighted by Gasteiger charge is 2.33. The summed E-state index contributed by atoms with van der Waals surface area (Å²) in [4.78, 5) is 4.42. The van der Waals surface area contributed by atoms with Crippen molar-refractivity contribution in [3.8, 4) is 5.75 Å². The Hall–Kier alpha value is -1.92. The predicted octanol–water partition coefficient (Wildman–Crippen LogP) is 1.74. The van der Waals surface area contributed by atoms with Gasteiger partial charge in [0.2, 0.25) is 11.7 Å². The van der Waals surface area contributed by atoms with Crippen molar-refractivity contribution in [1.29, 1.82) is 0 Å². The predicted molar refractivity (Wildman–Crippen MR) is 76.1 cm³/mol. The Bertz CT molecular complexity index is 558. The molecule has 1 N–H and O–H groups in total. The molecule has 1 aliphatic heterocycles. The van der Waals surface area contributed by atoms with E-state index in [1.54, 1.807) is 0 Å². The van der Waals surface area contributed by atoms with E-state index in [4.69, 9.17) is 14.0 Å². The van der Waals surface area contributed by atoms with Gasteiger partial charge in [-0.15, -0.1) is 0 Å². The molecule has 2 heterocycles. The highest BCUT2D eigenvalue weighted by Crippen LogP contribution is 2.24. The van der Waals surface area contributed by atoms with Gasteiger partial charge in [0.05, 0.1) is 19.1 Å². The molecule has 0 spiro atoms. The van der Waals surface area contributed by atoms with Crippen molar-refractivity contribution >= 4 is 0 Å². The Morgan fingerprint density at radius 1 is 1.29 bits per heavy atom. The van der Waals surface area contributed by atoms with Gasteiger partial charge in [0.1, 0.15) is 5.75 Å². The van der Waals surface area contributed by atoms with Gasteiger partial charge in [0, 0.05) is 6.04 Å². The smallest absolute Gasteiger partial charge is 0.233 e. The second-order valence-corrected chi connectivity index (χ2v) is 4.96. The number of rotatable bonds is 6. The van der Waals surface area contributed by atoms with Gasteiger partial charge in [-0.25, -0.2) is 0 Å². The number of ether oxygens (including phenoxy) is 2. The van der Waals surface area contributed by atoms with Gasteiger partial charge in [-0.05, 0) is 18.7 Å². The molecule has 0 radical (unpaired) electrons. The second-order valence-electron chi connectivity index (χ2n) is 4.96. The number of aromatic nitrogens is 2. The van der Waals surface area contributed by atoms with Crippen LogP contribution in [0.25, 0.3) is 0 Å². The van der Waals surface area contributed by atoms with Crippen LogP contribution < -0.4 is 10.1 Å². The Kier molecular flexibility index (Phi) is 4.47. The van der Waals surface area contributed by atoms with Crippen LogP contribution in [0.1, 0.15) is 24.6 Å². The zero-order valence-corrected chi connectivity index (χ0v) is 12.0. The lowest BCUT2D eigenvalue weighted by Crippen LogP contribution is -2.34. The SMILES string of the molecule is CCNC1COCC1c1nc(COc2ccccc2)no1. The average molecular weight is 289 g/mol. The van der Waals surface area contributed by atoms with Crippen molar-refractivity contribution in [2.24, 2.45) is 0 Å². The zero-order chi connectivity index (χ0) is 14.5. The van der Waals surface area contributed by atoms with Crippen LogP contribution in [0.2, 0.25) is 0 Å². The molecule has 1 aromatic carbocycles. The maximum atomic E-state index is 5.61. The summed E-state index contributed by atoms with van der Waals surface area (Å²) in [7, 11) is 0. The molecule has 2 atom stereocenters. The van der Waals surface area contributed by atoms with Crippen molar-refractivity contribution in [1.82, 2.24) is 15.5 Å². The van der Waals surface area contributed by atoms with Crippen LogP contribution in [0.5, 0.6) is 5.75 Å². The first-order valence-electron chi connectivity index (χ1n) is 7.18. The minimum absolute atomic E-state index is 0.114. The molecule has 1 saturated heterocycles. The first kappa shape index (κ1) is 14.0. The molecule has 6 nitrogen and oxygen atoms in total. The van der Waals surface area contributed by atoms with E-state index in [0.29, 0.717) is 31.5 Å². The summed E-state index contributed by atoms with van der Waals surface area (Å²) in [5, 5.41) is 7.35. The summed E-state index contributed by atoms with van der Waals surface area (Å²) in [5.41, 5.74) is 0. The van der Waals surface area contributed by atoms with Crippen LogP contribution in [-0.2, 0) is 11.3 Å². The summed E-state index contributed by atoms with van der Waals surface area (Å²) < 4.78 is 16.5. The van der Waals surface area contributed by atoms with Crippen molar-refractivity contribution in [2.75, 3.05) is 19.8 Å². The molecular weight excluding hydrogens is 270 g/mol. The number of para-hydroxylation sites is 1. The fourth-order valence-corrected chi connectivity index (χ4v) is 2.40. The molecule has 21 heavy (non-hydrogen) atoms. The monoisotopic (exact) mass is 289 g/mol.